The molecule has 0 rings (SSSR count). The first-order valence-electron chi connectivity index (χ1n) is 10.9. The molecule has 0 radical (unpaired) electrons. The standard InChI is InChI=1S/C20H37N5O7/c1-14(20(31)32)24-18(29)12-23-16(27)8-5-3-7-11-22-19(30)15(13-26)25-17(28)9-4-2-6-10-21/h14-15,26H,2-13,21H2,1H3,(H,22,30)(H,23,27)(H,24,29)(H,25,28)(H,31,32)/t14-,15-/m0/s1. The van der Waals surface area contributed by atoms with Crippen molar-refractivity contribution < 1.29 is 34.2 Å². The maximum absolute atomic E-state index is 12.1. The van der Waals surface area contributed by atoms with E-state index in [1.54, 1.807) is 0 Å². The normalized spacial score (nSPS) is 12.3. The zero-order chi connectivity index (χ0) is 24.4. The maximum Gasteiger partial charge on any atom is 0.325 e. The van der Waals surface area contributed by atoms with Crippen LogP contribution >= 0.6 is 0 Å². The van der Waals surface area contributed by atoms with Crippen molar-refractivity contribution in [2.75, 3.05) is 26.2 Å². The highest BCUT2D eigenvalue weighted by Crippen LogP contribution is 2.00. The molecular formula is C20H37N5O7. The van der Waals surface area contributed by atoms with Gasteiger partial charge in [-0.3, -0.25) is 24.0 Å². The molecule has 12 heteroatoms. The number of aliphatic hydroxyl groups excluding tert-OH is 1. The summed E-state index contributed by atoms with van der Waals surface area (Å²) in [6.45, 7) is 1.42. The molecule has 2 atom stereocenters. The highest BCUT2D eigenvalue weighted by atomic mass is 16.4. The van der Waals surface area contributed by atoms with Crippen LogP contribution in [-0.4, -0.2) is 78.1 Å². The van der Waals surface area contributed by atoms with Crippen LogP contribution in [0, 0.1) is 0 Å². The van der Waals surface area contributed by atoms with E-state index in [-0.39, 0.29) is 31.2 Å². The second kappa shape index (κ2) is 17.9. The number of nitrogens with two attached hydrogens (primary N) is 1. The van der Waals surface area contributed by atoms with Gasteiger partial charge in [0.25, 0.3) is 0 Å². The van der Waals surface area contributed by atoms with Gasteiger partial charge in [-0.2, -0.15) is 0 Å². The van der Waals surface area contributed by atoms with E-state index in [0.717, 1.165) is 12.8 Å². The van der Waals surface area contributed by atoms with Gasteiger partial charge in [0.15, 0.2) is 0 Å². The number of nitrogens with one attached hydrogen (secondary N) is 4. The molecule has 0 heterocycles. The van der Waals surface area contributed by atoms with Gasteiger partial charge < -0.3 is 37.2 Å². The zero-order valence-electron chi connectivity index (χ0n) is 18.7. The third-order valence-corrected chi connectivity index (χ3v) is 4.52. The summed E-state index contributed by atoms with van der Waals surface area (Å²) in [6.07, 6.45) is 4.57. The summed E-state index contributed by atoms with van der Waals surface area (Å²) in [5.74, 6) is -2.85. The molecule has 0 bridgehead atoms. The summed E-state index contributed by atoms with van der Waals surface area (Å²) in [7, 11) is 0. The van der Waals surface area contributed by atoms with Crippen molar-refractivity contribution >= 4 is 29.6 Å². The summed E-state index contributed by atoms with van der Waals surface area (Å²) in [4.78, 5) is 57.7. The van der Waals surface area contributed by atoms with Crippen LogP contribution in [0.15, 0.2) is 0 Å². The van der Waals surface area contributed by atoms with E-state index in [1.165, 1.54) is 6.92 Å². The van der Waals surface area contributed by atoms with E-state index in [2.05, 4.69) is 21.3 Å². The summed E-state index contributed by atoms with van der Waals surface area (Å²) >= 11 is 0. The molecule has 4 amide bonds. The van der Waals surface area contributed by atoms with E-state index in [9.17, 15) is 29.1 Å². The minimum Gasteiger partial charge on any atom is -0.480 e. The van der Waals surface area contributed by atoms with Crippen molar-refractivity contribution in [3.63, 3.8) is 0 Å². The van der Waals surface area contributed by atoms with Crippen molar-refractivity contribution in [1.29, 1.82) is 0 Å². The van der Waals surface area contributed by atoms with Crippen molar-refractivity contribution in [2.45, 2.75) is 70.4 Å². The molecule has 8 N–H and O–H groups in total. The van der Waals surface area contributed by atoms with Crippen molar-refractivity contribution in [3.8, 4) is 0 Å². The Morgan fingerprint density at radius 2 is 1.44 bits per heavy atom. The molecule has 12 nitrogen and oxygen atoms in total. The number of carboxylic acid groups (broad SMARTS) is 1. The Kier molecular flexibility index (Phi) is 16.4. The molecule has 0 aromatic carbocycles. The number of hydrogen-bond acceptors (Lipinski definition) is 7. The lowest BCUT2D eigenvalue weighted by molar-refractivity contribution is -0.141. The van der Waals surface area contributed by atoms with Crippen LogP contribution < -0.4 is 27.0 Å². The van der Waals surface area contributed by atoms with Crippen molar-refractivity contribution in [1.82, 2.24) is 21.3 Å². The lowest BCUT2D eigenvalue weighted by Gasteiger charge is -2.16. The summed E-state index contributed by atoms with van der Waals surface area (Å²) in [6, 6.07) is -2.03. The summed E-state index contributed by atoms with van der Waals surface area (Å²) in [5.41, 5.74) is 5.39. The molecular weight excluding hydrogens is 422 g/mol. The number of carbonyl (C=O) groups is 5. The van der Waals surface area contributed by atoms with E-state index in [0.29, 0.717) is 38.8 Å². The Morgan fingerprint density at radius 1 is 0.812 bits per heavy atom. The predicted octanol–water partition coefficient (Wildman–Crippen LogP) is -1.64. The minimum atomic E-state index is -1.16. The predicted molar refractivity (Wildman–Crippen MR) is 116 cm³/mol. The maximum atomic E-state index is 12.1. The first-order chi connectivity index (χ1) is 15.2. The number of aliphatic hydroxyl groups is 1. The van der Waals surface area contributed by atoms with Gasteiger partial charge in [-0.1, -0.05) is 12.8 Å². The number of amides is 4. The molecule has 184 valence electrons. The van der Waals surface area contributed by atoms with Gasteiger partial charge in [-0.05, 0) is 39.2 Å². The molecule has 0 spiro atoms. The molecule has 0 aliphatic carbocycles. The molecule has 32 heavy (non-hydrogen) atoms. The van der Waals surface area contributed by atoms with Crippen LogP contribution in [0.2, 0.25) is 0 Å². The Bertz CT molecular complexity index is 615. The van der Waals surface area contributed by atoms with Gasteiger partial charge in [0.2, 0.25) is 23.6 Å². The quantitative estimate of drug-likeness (QED) is 0.118. The summed E-state index contributed by atoms with van der Waals surface area (Å²) in [5, 5.41) is 27.8. The minimum absolute atomic E-state index is 0.190. The van der Waals surface area contributed by atoms with E-state index in [4.69, 9.17) is 10.8 Å². The highest BCUT2D eigenvalue weighted by Gasteiger charge is 2.19. The fourth-order valence-corrected chi connectivity index (χ4v) is 2.61. The Balaban J connectivity index is 3.89. The molecule has 0 fully saturated rings. The topological polar surface area (TPSA) is 200 Å². The van der Waals surface area contributed by atoms with Crippen LogP contribution in [0.25, 0.3) is 0 Å². The van der Waals surface area contributed by atoms with E-state index >= 15 is 0 Å². The first kappa shape index (κ1) is 29.3. The van der Waals surface area contributed by atoms with Crippen molar-refractivity contribution in [3.05, 3.63) is 0 Å². The third kappa shape index (κ3) is 15.1. The van der Waals surface area contributed by atoms with Crippen LogP contribution in [-0.2, 0) is 24.0 Å². The molecule has 0 aliphatic rings. The average molecular weight is 460 g/mol. The van der Waals surface area contributed by atoms with Crippen LogP contribution in [0.1, 0.15) is 58.3 Å². The third-order valence-electron chi connectivity index (χ3n) is 4.52. The molecule has 0 saturated carbocycles. The Hall–Kier alpha value is -2.73. The van der Waals surface area contributed by atoms with Crippen LogP contribution in [0.5, 0.6) is 0 Å². The molecule has 0 aromatic rings. The SMILES string of the molecule is C[C@H](NC(=O)CNC(=O)CCCCCNC(=O)[C@H](CO)NC(=O)CCCCCN)C(=O)O. The van der Waals surface area contributed by atoms with Crippen molar-refractivity contribution in [2.24, 2.45) is 5.73 Å². The van der Waals surface area contributed by atoms with E-state index < -0.39 is 36.5 Å². The number of unbranched alkanes of at least 4 members (excludes halogenated alkanes) is 4. The second-order valence-electron chi connectivity index (χ2n) is 7.41. The smallest absolute Gasteiger partial charge is 0.325 e. The fourth-order valence-electron chi connectivity index (χ4n) is 2.61. The van der Waals surface area contributed by atoms with Gasteiger partial charge >= 0.3 is 5.97 Å². The van der Waals surface area contributed by atoms with Crippen LogP contribution in [0.3, 0.4) is 0 Å². The highest BCUT2D eigenvalue weighted by molar-refractivity contribution is 5.88. The van der Waals surface area contributed by atoms with Gasteiger partial charge in [-0.15, -0.1) is 0 Å². The van der Waals surface area contributed by atoms with Crippen LogP contribution in [0.4, 0.5) is 0 Å². The molecule has 0 aromatic heterocycles. The number of aliphatic carboxylic acids is 1. The van der Waals surface area contributed by atoms with E-state index in [1.807, 2.05) is 0 Å². The lowest BCUT2D eigenvalue weighted by atomic mass is 10.1. The average Bonchev–Trinajstić information content (AvgIpc) is 2.75. The number of carbonyl (C=O) groups excluding carboxylic acids is 4. The first-order valence-corrected chi connectivity index (χ1v) is 10.9. The fraction of sp³-hybridized carbons (Fsp3) is 0.750. The van der Waals surface area contributed by atoms with Gasteiger partial charge in [0.05, 0.1) is 13.2 Å². The molecule has 0 unspecified atom stereocenters. The Morgan fingerprint density at radius 3 is 2.03 bits per heavy atom. The summed E-state index contributed by atoms with van der Waals surface area (Å²) < 4.78 is 0. The second-order valence-corrected chi connectivity index (χ2v) is 7.41. The molecule has 0 saturated heterocycles. The van der Waals surface area contributed by atoms with Gasteiger partial charge in [-0.25, -0.2) is 0 Å². The molecule has 0 aliphatic heterocycles. The number of carboxylic acids is 1. The van der Waals surface area contributed by atoms with Gasteiger partial charge in [0.1, 0.15) is 12.1 Å². The number of hydrogen-bond donors (Lipinski definition) is 7. The largest absolute Gasteiger partial charge is 0.480 e. The lowest BCUT2D eigenvalue weighted by Crippen LogP contribution is -2.49. The number of rotatable bonds is 18. The zero-order valence-corrected chi connectivity index (χ0v) is 18.7. The monoisotopic (exact) mass is 459 g/mol. The van der Waals surface area contributed by atoms with Gasteiger partial charge in [0, 0.05) is 19.4 Å². The Labute approximate surface area is 188 Å².